The van der Waals surface area contributed by atoms with Gasteiger partial charge in [-0.1, -0.05) is 18.0 Å². The number of hydrogen-bond donors (Lipinski definition) is 0. The largest absolute Gasteiger partial charge is 0.497 e. The van der Waals surface area contributed by atoms with Gasteiger partial charge < -0.3 is 18.8 Å². The molecule has 150 valence electrons. The number of nitrogens with zero attached hydrogens (tertiary/aromatic N) is 2. The van der Waals surface area contributed by atoms with E-state index in [4.69, 9.17) is 25.8 Å². The van der Waals surface area contributed by atoms with E-state index in [2.05, 4.69) is 4.98 Å². The van der Waals surface area contributed by atoms with Gasteiger partial charge in [-0.2, -0.15) is 0 Å². The fraction of sp³-hybridized carbons (Fsp3) is 0.524. The number of benzene rings is 1. The number of esters is 1. The van der Waals surface area contributed by atoms with E-state index >= 15 is 0 Å². The van der Waals surface area contributed by atoms with Gasteiger partial charge in [0.2, 0.25) is 0 Å². The van der Waals surface area contributed by atoms with Gasteiger partial charge in [0.05, 0.1) is 37.3 Å². The molecule has 1 atom stereocenters. The molecule has 2 heterocycles. The van der Waals surface area contributed by atoms with Crippen LogP contribution in [0, 0.1) is 0 Å². The molecule has 6 nitrogen and oxygen atoms in total. The lowest BCUT2D eigenvalue weighted by molar-refractivity contribution is -0.00291. The second kappa shape index (κ2) is 7.66. The molecule has 0 amide bonds. The molecule has 1 aromatic heterocycles. The summed E-state index contributed by atoms with van der Waals surface area (Å²) in [6.07, 6.45) is 9.45. The molecule has 0 N–H and O–H groups in total. The Hall–Kier alpha value is -2.21. The fourth-order valence-electron chi connectivity index (χ4n) is 4.48. The number of imidazole rings is 1. The maximum absolute atomic E-state index is 12.5. The van der Waals surface area contributed by atoms with Crippen molar-refractivity contribution in [1.82, 2.24) is 9.55 Å². The Morgan fingerprint density at radius 1 is 1.36 bits per heavy atom. The van der Waals surface area contributed by atoms with Crippen molar-refractivity contribution in [3.63, 3.8) is 0 Å². The number of methoxy groups -OCH3 is 1. The maximum Gasteiger partial charge on any atom is 0.356 e. The quantitative estimate of drug-likeness (QED) is 0.685. The van der Waals surface area contributed by atoms with E-state index in [0.29, 0.717) is 23.1 Å². The molecule has 28 heavy (non-hydrogen) atoms. The van der Waals surface area contributed by atoms with E-state index in [1.807, 2.05) is 10.6 Å². The molecule has 1 aromatic carbocycles. The van der Waals surface area contributed by atoms with E-state index in [-0.39, 0.29) is 17.6 Å². The summed E-state index contributed by atoms with van der Waals surface area (Å²) >= 11 is 6.65. The van der Waals surface area contributed by atoms with Crippen molar-refractivity contribution in [2.75, 3.05) is 13.7 Å². The molecule has 2 aromatic rings. The van der Waals surface area contributed by atoms with Crippen molar-refractivity contribution in [2.24, 2.45) is 0 Å². The van der Waals surface area contributed by atoms with E-state index in [0.717, 1.165) is 43.4 Å². The Bertz CT molecular complexity index is 873. The summed E-state index contributed by atoms with van der Waals surface area (Å²) in [5, 5.41) is 0.563. The van der Waals surface area contributed by atoms with Gasteiger partial charge in [0, 0.05) is 18.1 Å². The van der Waals surface area contributed by atoms with Gasteiger partial charge in [0.1, 0.15) is 22.8 Å². The highest BCUT2D eigenvalue weighted by atomic mass is 35.5. The second-order valence-electron chi connectivity index (χ2n) is 7.49. The minimum Gasteiger partial charge on any atom is -0.497 e. The third-order valence-electron chi connectivity index (χ3n) is 5.78. The van der Waals surface area contributed by atoms with Gasteiger partial charge in [-0.15, -0.1) is 0 Å². The molecule has 1 fully saturated rings. The molecule has 2 aliphatic rings. The summed E-state index contributed by atoms with van der Waals surface area (Å²) in [5.74, 6) is 1.01. The predicted octanol–water partition coefficient (Wildman–Crippen LogP) is 4.80. The maximum atomic E-state index is 12.5. The third kappa shape index (κ3) is 3.34. The smallest absolute Gasteiger partial charge is 0.356 e. The fourth-order valence-corrected chi connectivity index (χ4v) is 4.81. The lowest BCUT2D eigenvalue weighted by Crippen LogP contribution is -2.44. The second-order valence-corrected chi connectivity index (χ2v) is 7.90. The van der Waals surface area contributed by atoms with Crippen molar-refractivity contribution in [1.29, 1.82) is 0 Å². The van der Waals surface area contributed by atoms with Crippen LogP contribution in [0.1, 0.15) is 67.5 Å². The lowest BCUT2D eigenvalue weighted by atomic mass is 9.77. The van der Waals surface area contributed by atoms with Crippen LogP contribution in [0.25, 0.3) is 0 Å². The molecule has 1 aliphatic heterocycles. The average molecular weight is 405 g/mol. The summed E-state index contributed by atoms with van der Waals surface area (Å²) < 4.78 is 19.1. The Kier molecular flexibility index (Phi) is 5.23. The van der Waals surface area contributed by atoms with Gasteiger partial charge in [-0.05, 0) is 38.7 Å². The number of halogens is 1. The highest BCUT2D eigenvalue weighted by molar-refractivity contribution is 6.31. The van der Waals surface area contributed by atoms with Crippen molar-refractivity contribution < 1.29 is 19.0 Å². The van der Waals surface area contributed by atoms with Crippen molar-refractivity contribution >= 4 is 17.6 Å². The molecule has 1 spiro atoms. The van der Waals surface area contributed by atoms with Gasteiger partial charge in [-0.3, -0.25) is 0 Å². The first-order valence-electron chi connectivity index (χ1n) is 9.82. The summed E-state index contributed by atoms with van der Waals surface area (Å²) in [6.45, 7) is 2.11. The van der Waals surface area contributed by atoms with Crippen molar-refractivity contribution in [3.05, 3.63) is 40.9 Å². The zero-order chi connectivity index (χ0) is 19.7. The van der Waals surface area contributed by atoms with Gasteiger partial charge in [-0.25, -0.2) is 9.78 Å². The molecule has 4 rings (SSSR count). The van der Waals surface area contributed by atoms with Crippen molar-refractivity contribution in [2.45, 2.75) is 57.1 Å². The van der Waals surface area contributed by atoms with Crippen LogP contribution in [0.2, 0.25) is 5.02 Å². The normalized spacial score (nSPS) is 20.3. The first kappa shape index (κ1) is 19.1. The van der Waals surface area contributed by atoms with Crippen LogP contribution < -0.4 is 9.47 Å². The third-order valence-corrected chi connectivity index (χ3v) is 6.09. The minimum atomic E-state index is -0.379. The van der Waals surface area contributed by atoms with Crippen LogP contribution in [-0.2, 0) is 4.74 Å². The number of fused-ring (bicyclic) bond motifs is 1. The molecular formula is C21H25ClN2O4. The molecule has 0 radical (unpaired) electrons. The average Bonchev–Trinajstić information content (AvgIpc) is 3.17. The van der Waals surface area contributed by atoms with Crippen LogP contribution in [0.15, 0.2) is 24.7 Å². The first-order chi connectivity index (χ1) is 13.6. The number of hydrogen-bond acceptors (Lipinski definition) is 5. The van der Waals surface area contributed by atoms with Crippen molar-refractivity contribution in [3.8, 4) is 11.5 Å². The van der Waals surface area contributed by atoms with Crippen LogP contribution in [0.3, 0.4) is 0 Å². The number of aromatic nitrogens is 2. The number of carbonyl (C=O) groups excluding carboxylic acids is 1. The van der Waals surface area contributed by atoms with E-state index in [9.17, 15) is 4.79 Å². The zero-order valence-electron chi connectivity index (χ0n) is 16.2. The lowest BCUT2D eigenvalue weighted by Gasteiger charge is -2.45. The number of rotatable bonds is 4. The molecule has 0 saturated heterocycles. The highest BCUT2D eigenvalue weighted by Crippen LogP contribution is 2.51. The van der Waals surface area contributed by atoms with Crippen LogP contribution >= 0.6 is 11.6 Å². The van der Waals surface area contributed by atoms with E-state index in [1.165, 1.54) is 6.42 Å². The summed E-state index contributed by atoms with van der Waals surface area (Å²) in [5.41, 5.74) is 1.03. The highest BCUT2D eigenvalue weighted by Gasteiger charge is 2.44. The summed E-state index contributed by atoms with van der Waals surface area (Å²) in [7, 11) is 1.61. The topological polar surface area (TPSA) is 62.6 Å². The first-order valence-corrected chi connectivity index (χ1v) is 10.2. The molecular weight excluding hydrogens is 380 g/mol. The summed E-state index contributed by atoms with van der Waals surface area (Å²) in [4.78, 5) is 16.7. The minimum absolute atomic E-state index is 0.151. The monoisotopic (exact) mass is 404 g/mol. The molecule has 7 heteroatoms. The number of carbonyl (C=O) groups is 1. The molecule has 1 unspecified atom stereocenters. The van der Waals surface area contributed by atoms with Crippen LogP contribution in [0.4, 0.5) is 0 Å². The SMILES string of the molecule is CCOC(=O)c1cncn1C1CC2(CCCCC2)Oc2cc(OC)cc(Cl)c21. The van der Waals surface area contributed by atoms with Gasteiger partial charge in [0.15, 0.2) is 0 Å². The van der Waals surface area contributed by atoms with Crippen LogP contribution in [0.5, 0.6) is 11.5 Å². The Morgan fingerprint density at radius 3 is 2.86 bits per heavy atom. The predicted molar refractivity (Wildman–Crippen MR) is 105 cm³/mol. The molecule has 1 aliphatic carbocycles. The van der Waals surface area contributed by atoms with E-state index in [1.54, 1.807) is 32.6 Å². The van der Waals surface area contributed by atoms with Gasteiger partial charge >= 0.3 is 5.97 Å². The molecule has 0 bridgehead atoms. The Morgan fingerprint density at radius 2 is 2.14 bits per heavy atom. The Balaban J connectivity index is 1.83. The summed E-state index contributed by atoms with van der Waals surface area (Å²) in [6, 6.07) is 3.53. The number of ether oxygens (including phenoxy) is 3. The van der Waals surface area contributed by atoms with Crippen LogP contribution in [-0.4, -0.2) is 34.8 Å². The standard InChI is InChI=1S/C21H25ClN2O4/c1-3-27-20(25)17-12-23-13-24(17)16-11-21(7-5-4-6-8-21)28-18-10-14(26-2)9-15(22)19(16)18/h9-10,12-13,16H,3-8,11H2,1-2H3. The van der Waals surface area contributed by atoms with Gasteiger partial charge in [0.25, 0.3) is 0 Å². The van der Waals surface area contributed by atoms with E-state index < -0.39 is 0 Å². The Labute approximate surface area is 169 Å². The zero-order valence-corrected chi connectivity index (χ0v) is 17.0. The molecule has 1 saturated carbocycles.